The van der Waals surface area contributed by atoms with Crippen molar-refractivity contribution >= 4 is 31.6 Å². The van der Waals surface area contributed by atoms with E-state index in [4.69, 9.17) is 4.74 Å². The van der Waals surface area contributed by atoms with Crippen molar-refractivity contribution in [1.29, 1.82) is 0 Å². The van der Waals surface area contributed by atoms with Gasteiger partial charge in [-0.05, 0) is 34.5 Å². The molecule has 0 spiro atoms. The molecule has 4 nitrogen and oxygen atoms in total. The van der Waals surface area contributed by atoms with Crippen LogP contribution in [0.15, 0.2) is 50.3 Å². The first kappa shape index (κ1) is 26.9. The lowest BCUT2D eigenvalue weighted by molar-refractivity contribution is -0.138. The average Bonchev–Trinajstić information content (AvgIpc) is 2.75. The summed E-state index contributed by atoms with van der Waals surface area (Å²) >= 11 is 3.17. The van der Waals surface area contributed by atoms with Gasteiger partial charge in [0.25, 0.3) is 0 Å². The highest BCUT2D eigenvalue weighted by molar-refractivity contribution is 9.12. The Kier molecular flexibility index (Phi) is 14.8. The predicted octanol–water partition coefficient (Wildman–Crippen LogP) is 7.62. The van der Waals surface area contributed by atoms with Crippen molar-refractivity contribution in [2.45, 2.75) is 88.9 Å². The van der Waals surface area contributed by atoms with Crippen LogP contribution in [-0.4, -0.2) is 23.0 Å². The highest BCUT2D eigenvalue weighted by Crippen LogP contribution is 2.15. The molecule has 0 aliphatic carbocycles. The van der Waals surface area contributed by atoms with Gasteiger partial charge >= 0.3 is 5.97 Å². The molecular weight excluding hydrogens is 462 g/mol. The molecule has 1 unspecified atom stereocenters. The molecule has 0 N–H and O–H groups in total. The number of nitrogens with zero attached hydrogens (tertiary/aromatic N) is 1. The standard InChI is InChI=1S/C24H38BrNO3S/c1-3-4-5-6-7-8-9-10-11-12-13-17-20-29-24(27)23(25)21-26-30(2,28)22-18-15-14-16-19-22/h14-16,18-19,21H,3-13,17,20H2,1-2H3/b23-21-. The second-order valence-electron chi connectivity index (χ2n) is 7.72. The number of carbonyl (C=O) groups is 1. The van der Waals surface area contributed by atoms with Crippen LogP contribution in [0.25, 0.3) is 0 Å². The summed E-state index contributed by atoms with van der Waals surface area (Å²) in [5.74, 6) is -0.468. The molecule has 0 radical (unpaired) electrons. The third-order valence-electron chi connectivity index (χ3n) is 4.97. The number of carbonyl (C=O) groups excluding carboxylic acids is 1. The van der Waals surface area contributed by atoms with Crippen LogP contribution in [-0.2, 0) is 19.3 Å². The molecule has 170 valence electrons. The van der Waals surface area contributed by atoms with Crippen LogP contribution in [0.5, 0.6) is 0 Å². The van der Waals surface area contributed by atoms with Gasteiger partial charge < -0.3 is 4.74 Å². The maximum Gasteiger partial charge on any atom is 0.346 e. The molecule has 0 saturated carbocycles. The summed E-state index contributed by atoms with van der Waals surface area (Å²) in [6, 6.07) is 9.02. The van der Waals surface area contributed by atoms with Gasteiger partial charge in [0.2, 0.25) is 0 Å². The van der Waals surface area contributed by atoms with Gasteiger partial charge in [0.1, 0.15) is 4.48 Å². The zero-order chi connectivity index (χ0) is 22.1. The smallest absolute Gasteiger partial charge is 0.346 e. The van der Waals surface area contributed by atoms with E-state index in [2.05, 4.69) is 27.2 Å². The Bertz CT molecular complexity index is 740. The van der Waals surface area contributed by atoms with Crippen molar-refractivity contribution in [3.8, 4) is 0 Å². The van der Waals surface area contributed by atoms with Gasteiger partial charge in [-0.15, -0.1) is 0 Å². The quantitative estimate of drug-likeness (QED) is 0.133. The van der Waals surface area contributed by atoms with E-state index in [-0.39, 0.29) is 4.48 Å². The second kappa shape index (κ2) is 16.5. The van der Waals surface area contributed by atoms with Gasteiger partial charge in [-0.25, -0.2) is 13.4 Å². The van der Waals surface area contributed by atoms with Crippen molar-refractivity contribution in [1.82, 2.24) is 0 Å². The van der Waals surface area contributed by atoms with Crippen LogP contribution in [0.4, 0.5) is 0 Å². The molecule has 0 aliphatic rings. The molecule has 0 aliphatic heterocycles. The molecule has 0 heterocycles. The number of rotatable bonds is 16. The van der Waals surface area contributed by atoms with Gasteiger partial charge in [-0.3, -0.25) is 0 Å². The summed E-state index contributed by atoms with van der Waals surface area (Å²) in [6.07, 6.45) is 18.1. The van der Waals surface area contributed by atoms with E-state index < -0.39 is 15.7 Å². The highest BCUT2D eigenvalue weighted by atomic mass is 79.9. The summed E-state index contributed by atoms with van der Waals surface area (Å²) in [5, 5.41) is 0. The molecule has 0 bridgehead atoms. The number of hydrogen-bond acceptors (Lipinski definition) is 4. The minimum Gasteiger partial charge on any atom is -0.462 e. The van der Waals surface area contributed by atoms with Crippen LogP contribution in [0, 0.1) is 0 Å². The SMILES string of the molecule is CCCCCCCCCCCCCCOC(=O)/C(Br)=C/N=S(C)(=O)c1ccccc1. The number of benzene rings is 1. The number of unbranched alkanes of at least 4 members (excludes halogenated alkanes) is 11. The summed E-state index contributed by atoms with van der Waals surface area (Å²) in [5.41, 5.74) is 0. The van der Waals surface area contributed by atoms with Gasteiger partial charge in [0.15, 0.2) is 0 Å². The Morgan fingerprint density at radius 2 is 1.43 bits per heavy atom. The Morgan fingerprint density at radius 1 is 0.933 bits per heavy atom. The van der Waals surface area contributed by atoms with E-state index in [0.29, 0.717) is 11.5 Å². The van der Waals surface area contributed by atoms with E-state index in [9.17, 15) is 9.00 Å². The van der Waals surface area contributed by atoms with Crippen LogP contribution >= 0.6 is 15.9 Å². The number of ether oxygens (including phenoxy) is 1. The molecule has 0 amide bonds. The molecule has 1 rings (SSSR count). The fourth-order valence-corrected chi connectivity index (χ4v) is 4.55. The minimum atomic E-state index is -2.58. The predicted molar refractivity (Wildman–Crippen MR) is 130 cm³/mol. The number of halogens is 1. The van der Waals surface area contributed by atoms with Crippen molar-refractivity contribution in [3.63, 3.8) is 0 Å². The molecule has 0 fully saturated rings. The lowest BCUT2D eigenvalue weighted by Gasteiger charge is -2.05. The molecule has 0 aromatic heterocycles. The van der Waals surface area contributed by atoms with E-state index in [1.807, 2.05) is 18.2 Å². The van der Waals surface area contributed by atoms with Crippen LogP contribution in [0.3, 0.4) is 0 Å². The van der Waals surface area contributed by atoms with Crippen molar-refractivity contribution < 1.29 is 13.7 Å². The fourth-order valence-electron chi connectivity index (χ4n) is 3.11. The van der Waals surface area contributed by atoms with Crippen molar-refractivity contribution in [2.75, 3.05) is 12.9 Å². The largest absolute Gasteiger partial charge is 0.462 e. The Hall–Kier alpha value is -1.14. The topological polar surface area (TPSA) is 55.7 Å². The maximum absolute atomic E-state index is 12.6. The normalized spacial score (nSPS) is 13.6. The van der Waals surface area contributed by atoms with Crippen molar-refractivity contribution in [3.05, 3.63) is 41.0 Å². The summed E-state index contributed by atoms with van der Waals surface area (Å²) in [6.45, 7) is 2.66. The highest BCUT2D eigenvalue weighted by Gasteiger charge is 2.09. The fraction of sp³-hybridized carbons (Fsp3) is 0.625. The van der Waals surface area contributed by atoms with E-state index >= 15 is 0 Å². The third kappa shape index (κ3) is 12.5. The molecule has 1 atom stereocenters. The molecular formula is C24H38BrNO3S. The Balaban J connectivity index is 2.13. The van der Waals surface area contributed by atoms with Gasteiger partial charge in [0, 0.05) is 11.2 Å². The first-order chi connectivity index (χ1) is 14.5. The van der Waals surface area contributed by atoms with E-state index in [1.165, 1.54) is 70.4 Å². The third-order valence-corrected chi connectivity index (χ3v) is 7.16. The molecule has 30 heavy (non-hydrogen) atoms. The Labute approximate surface area is 192 Å². The van der Waals surface area contributed by atoms with Gasteiger partial charge in [-0.2, -0.15) is 0 Å². The molecule has 0 saturated heterocycles. The lowest BCUT2D eigenvalue weighted by atomic mass is 10.1. The lowest BCUT2D eigenvalue weighted by Crippen LogP contribution is -2.06. The van der Waals surface area contributed by atoms with Crippen molar-refractivity contribution in [2.24, 2.45) is 4.36 Å². The van der Waals surface area contributed by atoms with E-state index in [0.717, 1.165) is 12.8 Å². The van der Waals surface area contributed by atoms with E-state index in [1.54, 1.807) is 18.4 Å². The summed E-state index contributed by atoms with van der Waals surface area (Å²) in [4.78, 5) is 12.6. The molecule has 1 aromatic carbocycles. The zero-order valence-corrected chi connectivity index (χ0v) is 21.0. The average molecular weight is 501 g/mol. The first-order valence-corrected chi connectivity index (χ1v) is 14.0. The Morgan fingerprint density at radius 3 is 1.97 bits per heavy atom. The monoisotopic (exact) mass is 499 g/mol. The number of esters is 1. The number of hydrogen-bond donors (Lipinski definition) is 0. The molecule has 1 aromatic rings. The van der Waals surface area contributed by atoms with Gasteiger partial charge in [-0.1, -0.05) is 95.8 Å². The van der Waals surface area contributed by atoms with Crippen LogP contribution in [0.1, 0.15) is 84.0 Å². The van der Waals surface area contributed by atoms with Crippen LogP contribution < -0.4 is 0 Å². The van der Waals surface area contributed by atoms with Crippen LogP contribution in [0.2, 0.25) is 0 Å². The second-order valence-corrected chi connectivity index (χ2v) is 10.9. The molecule has 6 heteroatoms. The summed E-state index contributed by atoms with van der Waals surface area (Å²) in [7, 11) is -2.58. The first-order valence-electron chi connectivity index (χ1n) is 11.3. The zero-order valence-electron chi connectivity index (χ0n) is 18.6. The van der Waals surface area contributed by atoms with Gasteiger partial charge in [0.05, 0.1) is 22.5 Å². The maximum atomic E-state index is 12.6. The summed E-state index contributed by atoms with van der Waals surface area (Å²) < 4.78 is 22.1. The minimum absolute atomic E-state index is 0.187.